The van der Waals surface area contributed by atoms with Gasteiger partial charge in [-0.05, 0) is 37.0 Å². The molecule has 1 amide bonds. The van der Waals surface area contributed by atoms with Crippen LogP contribution >= 0.6 is 0 Å². The van der Waals surface area contributed by atoms with Crippen LogP contribution in [0.1, 0.15) is 48.5 Å². The Kier molecular flexibility index (Phi) is 5.77. The number of nitriles is 1. The van der Waals surface area contributed by atoms with E-state index in [1.807, 2.05) is 6.07 Å². The van der Waals surface area contributed by atoms with Gasteiger partial charge in [-0.25, -0.2) is 0 Å². The van der Waals surface area contributed by atoms with E-state index in [0.29, 0.717) is 36.3 Å². The second kappa shape index (κ2) is 7.80. The molecular weight excluding hydrogens is 264 g/mol. The van der Waals surface area contributed by atoms with E-state index in [2.05, 4.69) is 12.2 Å². The van der Waals surface area contributed by atoms with Crippen molar-refractivity contribution in [2.75, 3.05) is 13.2 Å². The maximum Gasteiger partial charge on any atom is 0.251 e. The van der Waals surface area contributed by atoms with Crippen molar-refractivity contribution in [2.45, 2.75) is 38.7 Å². The third-order valence-corrected chi connectivity index (χ3v) is 4.01. The first-order valence-corrected chi connectivity index (χ1v) is 7.60. The minimum Gasteiger partial charge on any atom is -0.376 e. The molecule has 0 spiro atoms. The molecule has 0 aliphatic heterocycles. The Hall–Kier alpha value is -1.86. The number of nitrogens with zero attached hydrogens (tertiary/aromatic N) is 1. The van der Waals surface area contributed by atoms with Gasteiger partial charge in [-0.1, -0.05) is 25.8 Å². The summed E-state index contributed by atoms with van der Waals surface area (Å²) < 4.78 is 5.86. The third kappa shape index (κ3) is 4.57. The number of carbonyl (C=O) groups is 1. The van der Waals surface area contributed by atoms with Crippen molar-refractivity contribution in [2.24, 2.45) is 5.92 Å². The van der Waals surface area contributed by atoms with Crippen LogP contribution < -0.4 is 5.32 Å². The third-order valence-electron chi connectivity index (χ3n) is 4.01. The fraction of sp³-hybridized carbons (Fsp3) is 0.529. The van der Waals surface area contributed by atoms with Crippen molar-refractivity contribution in [3.8, 4) is 6.07 Å². The van der Waals surface area contributed by atoms with E-state index in [-0.39, 0.29) is 5.91 Å². The zero-order chi connectivity index (χ0) is 15.1. The average molecular weight is 286 g/mol. The van der Waals surface area contributed by atoms with Crippen molar-refractivity contribution in [3.63, 3.8) is 0 Å². The van der Waals surface area contributed by atoms with E-state index in [1.54, 1.807) is 24.3 Å². The van der Waals surface area contributed by atoms with Crippen molar-refractivity contribution in [1.82, 2.24) is 5.32 Å². The monoisotopic (exact) mass is 286 g/mol. The molecular formula is C17H22N2O2. The molecule has 0 saturated heterocycles. The highest BCUT2D eigenvalue weighted by Gasteiger charge is 2.21. The first-order valence-electron chi connectivity index (χ1n) is 7.60. The van der Waals surface area contributed by atoms with Crippen molar-refractivity contribution >= 4 is 5.91 Å². The quantitative estimate of drug-likeness (QED) is 0.847. The highest BCUT2D eigenvalue weighted by molar-refractivity contribution is 5.94. The Morgan fingerprint density at radius 3 is 3.00 bits per heavy atom. The summed E-state index contributed by atoms with van der Waals surface area (Å²) in [5.74, 6) is 0.453. The lowest BCUT2D eigenvalue weighted by molar-refractivity contribution is -0.00293. The van der Waals surface area contributed by atoms with Gasteiger partial charge in [0.05, 0.1) is 24.3 Å². The van der Waals surface area contributed by atoms with Gasteiger partial charge in [0.2, 0.25) is 0 Å². The standard InChI is InChI=1S/C17H22N2O2/c1-13-5-2-3-8-16(13)21-10-9-19-17(20)15-7-4-6-14(11-15)12-18/h4,6-7,11,13,16H,2-3,5,8-10H2,1H3,(H,19,20)/t13-,16+/m1/s1. The van der Waals surface area contributed by atoms with E-state index in [1.165, 1.54) is 19.3 Å². The summed E-state index contributed by atoms with van der Waals surface area (Å²) in [5.41, 5.74) is 1.01. The topological polar surface area (TPSA) is 62.1 Å². The van der Waals surface area contributed by atoms with E-state index in [9.17, 15) is 4.79 Å². The molecule has 0 radical (unpaired) electrons. The Bertz CT molecular complexity index is 522. The van der Waals surface area contributed by atoms with E-state index < -0.39 is 0 Å². The summed E-state index contributed by atoms with van der Waals surface area (Å²) in [7, 11) is 0. The normalized spacial score (nSPS) is 21.5. The lowest BCUT2D eigenvalue weighted by Gasteiger charge is -2.28. The van der Waals surface area contributed by atoms with Crippen LogP contribution in [0.2, 0.25) is 0 Å². The first kappa shape index (κ1) is 15.5. The molecule has 1 saturated carbocycles. The van der Waals surface area contributed by atoms with Gasteiger partial charge >= 0.3 is 0 Å². The van der Waals surface area contributed by atoms with Gasteiger partial charge in [0.15, 0.2) is 0 Å². The fourth-order valence-electron chi connectivity index (χ4n) is 2.74. The van der Waals surface area contributed by atoms with Crippen LogP contribution in [0.15, 0.2) is 24.3 Å². The molecule has 1 aliphatic carbocycles. The number of rotatable bonds is 5. The van der Waals surface area contributed by atoms with Crippen molar-refractivity contribution < 1.29 is 9.53 Å². The molecule has 1 aromatic rings. The average Bonchev–Trinajstić information content (AvgIpc) is 2.53. The summed E-state index contributed by atoms with van der Waals surface area (Å²) in [5, 5.41) is 11.7. The Morgan fingerprint density at radius 1 is 1.43 bits per heavy atom. The number of hydrogen-bond acceptors (Lipinski definition) is 3. The van der Waals surface area contributed by atoms with Crippen LogP contribution in [-0.4, -0.2) is 25.2 Å². The van der Waals surface area contributed by atoms with Gasteiger partial charge in [0.1, 0.15) is 0 Å². The van der Waals surface area contributed by atoms with Crippen LogP contribution in [-0.2, 0) is 4.74 Å². The number of amides is 1. The molecule has 1 aromatic carbocycles. The van der Waals surface area contributed by atoms with Gasteiger partial charge < -0.3 is 10.1 Å². The number of ether oxygens (including phenoxy) is 1. The van der Waals surface area contributed by atoms with Gasteiger partial charge in [-0.2, -0.15) is 5.26 Å². The Morgan fingerprint density at radius 2 is 2.24 bits per heavy atom. The molecule has 1 aliphatic rings. The molecule has 0 unspecified atom stereocenters. The maximum atomic E-state index is 12.0. The molecule has 1 fully saturated rings. The van der Waals surface area contributed by atoms with Crippen LogP contribution in [0.4, 0.5) is 0 Å². The number of nitrogens with one attached hydrogen (secondary N) is 1. The lowest BCUT2D eigenvalue weighted by atomic mass is 9.88. The van der Waals surface area contributed by atoms with Crippen LogP contribution in [0.5, 0.6) is 0 Å². The highest BCUT2D eigenvalue weighted by atomic mass is 16.5. The molecule has 0 heterocycles. The molecule has 4 nitrogen and oxygen atoms in total. The predicted molar refractivity (Wildman–Crippen MR) is 80.9 cm³/mol. The van der Waals surface area contributed by atoms with Crippen LogP contribution in [0.25, 0.3) is 0 Å². The molecule has 21 heavy (non-hydrogen) atoms. The van der Waals surface area contributed by atoms with E-state index in [0.717, 1.165) is 6.42 Å². The Labute approximate surface area is 126 Å². The molecule has 4 heteroatoms. The Balaban J connectivity index is 1.73. The van der Waals surface area contributed by atoms with E-state index in [4.69, 9.17) is 10.00 Å². The van der Waals surface area contributed by atoms with Gasteiger partial charge in [-0.3, -0.25) is 4.79 Å². The fourth-order valence-corrected chi connectivity index (χ4v) is 2.74. The first-order chi connectivity index (χ1) is 10.2. The summed E-state index contributed by atoms with van der Waals surface area (Å²) in [6.45, 7) is 3.27. The zero-order valence-corrected chi connectivity index (χ0v) is 12.5. The highest BCUT2D eigenvalue weighted by Crippen LogP contribution is 2.25. The maximum absolute atomic E-state index is 12.0. The SMILES string of the molecule is C[C@@H]1CCCC[C@@H]1OCCNC(=O)c1cccc(C#N)c1. The number of carbonyl (C=O) groups excluding carboxylic acids is 1. The number of hydrogen-bond donors (Lipinski definition) is 1. The molecule has 112 valence electrons. The molecule has 0 aromatic heterocycles. The number of benzene rings is 1. The second-order valence-electron chi connectivity index (χ2n) is 5.62. The molecule has 0 bridgehead atoms. The molecule has 1 N–H and O–H groups in total. The second-order valence-corrected chi connectivity index (χ2v) is 5.62. The summed E-state index contributed by atoms with van der Waals surface area (Å²) >= 11 is 0. The zero-order valence-electron chi connectivity index (χ0n) is 12.5. The molecule has 2 rings (SSSR count). The van der Waals surface area contributed by atoms with Crippen molar-refractivity contribution in [3.05, 3.63) is 35.4 Å². The van der Waals surface area contributed by atoms with Crippen LogP contribution in [0, 0.1) is 17.2 Å². The van der Waals surface area contributed by atoms with E-state index >= 15 is 0 Å². The lowest BCUT2D eigenvalue weighted by Crippen LogP contribution is -2.31. The largest absolute Gasteiger partial charge is 0.376 e. The van der Waals surface area contributed by atoms with Gasteiger partial charge in [0.25, 0.3) is 5.91 Å². The van der Waals surface area contributed by atoms with Gasteiger partial charge in [0, 0.05) is 12.1 Å². The smallest absolute Gasteiger partial charge is 0.251 e. The summed E-state index contributed by atoms with van der Waals surface area (Å²) in [6, 6.07) is 8.74. The van der Waals surface area contributed by atoms with Crippen molar-refractivity contribution in [1.29, 1.82) is 5.26 Å². The van der Waals surface area contributed by atoms with Crippen LogP contribution in [0.3, 0.4) is 0 Å². The summed E-state index contributed by atoms with van der Waals surface area (Å²) in [6.07, 6.45) is 5.23. The summed E-state index contributed by atoms with van der Waals surface area (Å²) in [4.78, 5) is 12.0. The minimum atomic E-state index is -0.160. The minimum absolute atomic E-state index is 0.160. The molecule has 2 atom stereocenters. The predicted octanol–water partition coefficient (Wildman–Crippen LogP) is 2.88. The van der Waals surface area contributed by atoms with Gasteiger partial charge in [-0.15, -0.1) is 0 Å².